The van der Waals surface area contributed by atoms with Crippen LogP contribution in [0.2, 0.25) is 0 Å². The van der Waals surface area contributed by atoms with E-state index in [9.17, 15) is 4.79 Å². The maximum atomic E-state index is 10.9. The summed E-state index contributed by atoms with van der Waals surface area (Å²) in [5.74, 6) is 0.0400. The van der Waals surface area contributed by atoms with Crippen LogP contribution >= 0.6 is 0 Å². The SMILES string of the molecule is COC(=O)CC1C=CC(CO)=CC1. The molecular formula is C10H14O3. The second kappa shape index (κ2) is 4.82. The molecule has 0 fully saturated rings. The fourth-order valence-electron chi connectivity index (χ4n) is 1.28. The van der Waals surface area contributed by atoms with Crippen molar-refractivity contribution in [3.8, 4) is 0 Å². The third-order valence-electron chi connectivity index (χ3n) is 2.10. The van der Waals surface area contributed by atoms with E-state index in [1.807, 2.05) is 18.2 Å². The average molecular weight is 182 g/mol. The van der Waals surface area contributed by atoms with Gasteiger partial charge in [0.1, 0.15) is 0 Å². The molecule has 1 aliphatic carbocycles. The van der Waals surface area contributed by atoms with E-state index in [4.69, 9.17) is 5.11 Å². The minimum absolute atomic E-state index is 0.0709. The molecule has 0 radical (unpaired) electrons. The highest BCUT2D eigenvalue weighted by Crippen LogP contribution is 2.19. The topological polar surface area (TPSA) is 46.5 Å². The lowest BCUT2D eigenvalue weighted by Gasteiger charge is -2.13. The molecule has 13 heavy (non-hydrogen) atoms. The van der Waals surface area contributed by atoms with Crippen LogP contribution in [0.3, 0.4) is 0 Å². The average Bonchev–Trinajstić information content (AvgIpc) is 2.19. The number of aliphatic hydroxyl groups is 1. The first kappa shape index (κ1) is 9.99. The van der Waals surface area contributed by atoms with Crippen molar-refractivity contribution in [3.05, 3.63) is 23.8 Å². The molecule has 0 saturated heterocycles. The highest BCUT2D eigenvalue weighted by Gasteiger charge is 2.12. The monoisotopic (exact) mass is 182 g/mol. The van der Waals surface area contributed by atoms with E-state index in [0.29, 0.717) is 6.42 Å². The summed E-state index contributed by atoms with van der Waals surface area (Å²) in [6.07, 6.45) is 6.98. The second-order valence-corrected chi connectivity index (χ2v) is 3.07. The van der Waals surface area contributed by atoms with Gasteiger partial charge >= 0.3 is 5.97 Å². The van der Waals surface area contributed by atoms with Crippen LogP contribution in [0.1, 0.15) is 12.8 Å². The number of hydrogen-bond donors (Lipinski definition) is 1. The van der Waals surface area contributed by atoms with Crippen LogP contribution in [0.4, 0.5) is 0 Å². The molecule has 0 aliphatic heterocycles. The van der Waals surface area contributed by atoms with Gasteiger partial charge < -0.3 is 9.84 Å². The zero-order chi connectivity index (χ0) is 9.68. The third-order valence-corrected chi connectivity index (χ3v) is 2.10. The number of methoxy groups -OCH3 is 1. The van der Waals surface area contributed by atoms with E-state index in [1.165, 1.54) is 7.11 Å². The Morgan fingerprint density at radius 2 is 2.54 bits per heavy atom. The van der Waals surface area contributed by atoms with Gasteiger partial charge in [-0.1, -0.05) is 18.2 Å². The molecule has 72 valence electrons. The number of hydrogen-bond acceptors (Lipinski definition) is 3. The molecule has 1 N–H and O–H groups in total. The molecule has 0 spiro atoms. The number of carbonyl (C=O) groups is 1. The van der Waals surface area contributed by atoms with Gasteiger partial charge in [0.2, 0.25) is 0 Å². The Balaban J connectivity index is 2.39. The highest BCUT2D eigenvalue weighted by molar-refractivity contribution is 5.69. The summed E-state index contributed by atoms with van der Waals surface area (Å²) in [5.41, 5.74) is 0.918. The van der Waals surface area contributed by atoms with Crippen molar-refractivity contribution in [1.82, 2.24) is 0 Å². The zero-order valence-electron chi connectivity index (χ0n) is 7.69. The maximum absolute atomic E-state index is 10.9. The normalized spacial score (nSPS) is 21.1. The fraction of sp³-hybridized carbons (Fsp3) is 0.500. The Hall–Kier alpha value is -1.09. The number of ether oxygens (including phenoxy) is 1. The van der Waals surface area contributed by atoms with E-state index >= 15 is 0 Å². The summed E-state index contributed by atoms with van der Waals surface area (Å²) in [6, 6.07) is 0. The largest absolute Gasteiger partial charge is 0.469 e. The van der Waals surface area contributed by atoms with Crippen molar-refractivity contribution in [2.24, 2.45) is 5.92 Å². The number of allylic oxidation sites excluding steroid dienone is 2. The number of aliphatic hydroxyl groups excluding tert-OH is 1. The van der Waals surface area contributed by atoms with E-state index in [-0.39, 0.29) is 18.5 Å². The summed E-state index contributed by atoms with van der Waals surface area (Å²) in [4.78, 5) is 10.9. The number of rotatable bonds is 3. The van der Waals surface area contributed by atoms with Crippen LogP contribution in [-0.4, -0.2) is 24.8 Å². The van der Waals surface area contributed by atoms with Crippen LogP contribution in [0, 0.1) is 5.92 Å². The van der Waals surface area contributed by atoms with Crippen LogP contribution in [-0.2, 0) is 9.53 Å². The molecule has 0 bridgehead atoms. The van der Waals surface area contributed by atoms with Crippen molar-refractivity contribution in [1.29, 1.82) is 0 Å². The lowest BCUT2D eigenvalue weighted by Crippen LogP contribution is -2.09. The van der Waals surface area contributed by atoms with E-state index < -0.39 is 0 Å². The molecular weight excluding hydrogens is 168 g/mol. The first-order valence-electron chi connectivity index (χ1n) is 4.31. The smallest absolute Gasteiger partial charge is 0.306 e. The van der Waals surface area contributed by atoms with Crippen molar-refractivity contribution < 1.29 is 14.6 Å². The van der Waals surface area contributed by atoms with Crippen molar-refractivity contribution >= 4 is 5.97 Å². The van der Waals surface area contributed by atoms with E-state index in [1.54, 1.807) is 0 Å². The highest BCUT2D eigenvalue weighted by atomic mass is 16.5. The molecule has 3 heteroatoms. The summed E-state index contributed by atoms with van der Waals surface area (Å²) >= 11 is 0. The Bertz CT molecular complexity index is 241. The minimum Gasteiger partial charge on any atom is -0.469 e. The zero-order valence-corrected chi connectivity index (χ0v) is 7.69. The minimum atomic E-state index is -0.185. The first-order chi connectivity index (χ1) is 6.26. The lowest BCUT2D eigenvalue weighted by atomic mass is 9.94. The van der Waals surface area contributed by atoms with Crippen molar-refractivity contribution in [2.45, 2.75) is 12.8 Å². The lowest BCUT2D eigenvalue weighted by molar-refractivity contribution is -0.141. The molecule has 1 unspecified atom stereocenters. The van der Waals surface area contributed by atoms with Gasteiger partial charge in [0.25, 0.3) is 0 Å². The van der Waals surface area contributed by atoms with Gasteiger partial charge in [0.05, 0.1) is 20.1 Å². The predicted octanol–water partition coefficient (Wildman–Crippen LogP) is 1.04. The molecule has 0 aromatic rings. The quantitative estimate of drug-likeness (QED) is 0.663. The molecule has 3 nitrogen and oxygen atoms in total. The first-order valence-corrected chi connectivity index (χ1v) is 4.31. The Morgan fingerprint density at radius 1 is 1.77 bits per heavy atom. The molecule has 1 atom stereocenters. The Morgan fingerprint density at radius 3 is 3.00 bits per heavy atom. The molecule has 0 heterocycles. The van der Waals surface area contributed by atoms with Gasteiger partial charge in [-0.05, 0) is 17.9 Å². The van der Waals surface area contributed by atoms with Gasteiger partial charge in [-0.15, -0.1) is 0 Å². The maximum Gasteiger partial charge on any atom is 0.306 e. The van der Waals surface area contributed by atoms with Gasteiger partial charge in [0, 0.05) is 0 Å². The van der Waals surface area contributed by atoms with Gasteiger partial charge in [0.15, 0.2) is 0 Å². The summed E-state index contributed by atoms with van der Waals surface area (Å²) in [7, 11) is 1.39. The molecule has 1 aliphatic rings. The second-order valence-electron chi connectivity index (χ2n) is 3.07. The summed E-state index contributed by atoms with van der Waals surface area (Å²) in [5, 5.41) is 8.79. The molecule has 0 saturated carbocycles. The number of esters is 1. The molecule has 0 aromatic carbocycles. The summed E-state index contributed by atoms with van der Waals surface area (Å²) in [6.45, 7) is 0.0709. The van der Waals surface area contributed by atoms with Crippen LogP contribution in [0.25, 0.3) is 0 Å². The van der Waals surface area contributed by atoms with Crippen LogP contribution in [0.5, 0.6) is 0 Å². The summed E-state index contributed by atoms with van der Waals surface area (Å²) < 4.78 is 4.56. The van der Waals surface area contributed by atoms with Crippen LogP contribution < -0.4 is 0 Å². The standard InChI is InChI=1S/C10H14O3/c1-13-10(12)6-8-2-4-9(7-11)5-3-8/h2,4-5,8,11H,3,6-7H2,1H3. The van der Waals surface area contributed by atoms with Crippen molar-refractivity contribution in [3.63, 3.8) is 0 Å². The van der Waals surface area contributed by atoms with Gasteiger partial charge in [-0.25, -0.2) is 0 Å². The van der Waals surface area contributed by atoms with E-state index in [2.05, 4.69) is 4.74 Å². The van der Waals surface area contributed by atoms with Crippen LogP contribution in [0.15, 0.2) is 23.8 Å². The number of carbonyl (C=O) groups excluding carboxylic acids is 1. The molecule has 0 aromatic heterocycles. The fourth-order valence-corrected chi connectivity index (χ4v) is 1.28. The third kappa shape index (κ3) is 3.03. The van der Waals surface area contributed by atoms with Gasteiger partial charge in [-0.3, -0.25) is 4.79 Å². The Kier molecular flexibility index (Phi) is 3.71. The Labute approximate surface area is 77.7 Å². The van der Waals surface area contributed by atoms with E-state index in [0.717, 1.165) is 12.0 Å². The molecule has 0 amide bonds. The van der Waals surface area contributed by atoms with Gasteiger partial charge in [-0.2, -0.15) is 0 Å². The van der Waals surface area contributed by atoms with Crippen molar-refractivity contribution in [2.75, 3.05) is 13.7 Å². The molecule has 1 rings (SSSR count). The predicted molar refractivity (Wildman–Crippen MR) is 49.0 cm³/mol.